The lowest BCUT2D eigenvalue weighted by Gasteiger charge is -2.42. The predicted molar refractivity (Wildman–Crippen MR) is 167 cm³/mol. The summed E-state index contributed by atoms with van der Waals surface area (Å²) in [5.41, 5.74) is 4.99. The molecule has 0 aliphatic carbocycles. The molecule has 4 heteroatoms. The molecule has 1 rings (SSSR count). The van der Waals surface area contributed by atoms with Crippen LogP contribution in [0.1, 0.15) is 164 Å². The van der Waals surface area contributed by atoms with Crippen LogP contribution in [0.4, 0.5) is 0 Å². The summed E-state index contributed by atoms with van der Waals surface area (Å²) >= 11 is 0. The molecule has 38 heavy (non-hydrogen) atoms. The van der Waals surface area contributed by atoms with Gasteiger partial charge in [-0.3, -0.25) is 4.55 Å². The maximum Gasteiger partial charge on any atom is 0.270 e. The van der Waals surface area contributed by atoms with Gasteiger partial charge in [0.25, 0.3) is 10.1 Å². The number of hydrogen-bond acceptors (Lipinski definition) is 2. The minimum Gasteiger partial charge on any atom is -0.285 e. The standard InChI is InChI=1S/C34H62O3S/c1-16-34(15,21-25(6)7)30-19-28(31(9,10)20-24(4)5)27(26(8)17-23(2)3)18-29(30)32(11,12)22-33(13,14)38(35,36)37/h18-19,23-26H,16-17,20-22H2,1-15H3,(H,35,36,37). The van der Waals surface area contributed by atoms with E-state index in [-0.39, 0.29) is 10.8 Å². The second kappa shape index (κ2) is 12.3. The van der Waals surface area contributed by atoms with Gasteiger partial charge in [0.2, 0.25) is 0 Å². The lowest BCUT2D eigenvalue weighted by Crippen LogP contribution is -2.40. The van der Waals surface area contributed by atoms with Crippen molar-refractivity contribution >= 4 is 10.1 Å². The molecule has 1 N–H and O–H groups in total. The van der Waals surface area contributed by atoms with Crippen molar-refractivity contribution < 1.29 is 13.0 Å². The molecule has 0 amide bonds. The fraction of sp³-hybridized carbons (Fsp3) is 0.824. The van der Waals surface area contributed by atoms with Crippen LogP contribution in [0.25, 0.3) is 0 Å². The van der Waals surface area contributed by atoms with Crippen molar-refractivity contribution in [1.29, 1.82) is 0 Å². The summed E-state index contributed by atoms with van der Waals surface area (Å²) in [5.74, 6) is 2.11. The van der Waals surface area contributed by atoms with Crippen molar-refractivity contribution in [2.24, 2.45) is 17.8 Å². The zero-order valence-corrected chi connectivity index (χ0v) is 28.5. The van der Waals surface area contributed by atoms with Crippen LogP contribution in [0, 0.1) is 17.8 Å². The lowest BCUT2D eigenvalue weighted by atomic mass is 9.63. The number of hydrogen-bond donors (Lipinski definition) is 1. The summed E-state index contributed by atoms with van der Waals surface area (Å²) in [5, 5.41) is 0. The summed E-state index contributed by atoms with van der Waals surface area (Å²) < 4.78 is 33.6. The molecular formula is C34H62O3S. The van der Waals surface area contributed by atoms with Crippen LogP contribution >= 0.6 is 0 Å². The average Bonchev–Trinajstić information content (AvgIpc) is 2.69. The Morgan fingerprint density at radius 2 is 1.21 bits per heavy atom. The van der Waals surface area contributed by atoms with E-state index in [0.29, 0.717) is 30.1 Å². The van der Waals surface area contributed by atoms with Crippen molar-refractivity contribution in [1.82, 2.24) is 0 Å². The largest absolute Gasteiger partial charge is 0.285 e. The third kappa shape index (κ3) is 8.56. The van der Waals surface area contributed by atoms with Crippen LogP contribution in [-0.2, 0) is 26.4 Å². The molecule has 0 aliphatic heterocycles. The Labute approximate surface area is 237 Å². The van der Waals surface area contributed by atoms with Crippen LogP contribution in [0.15, 0.2) is 12.1 Å². The molecule has 0 aliphatic rings. The summed E-state index contributed by atoms with van der Waals surface area (Å²) in [7, 11) is -4.20. The summed E-state index contributed by atoms with van der Waals surface area (Å²) in [6.07, 6.45) is 4.65. The Balaban J connectivity index is 4.20. The lowest BCUT2D eigenvalue weighted by molar-refractivity contribution is 0.333. The van der Waals surface area contributed by atoms with Gasteiger partial charge in [0.05, 0.1) is 4.75 Å². The highest BCUT2D eigenvalue weighted by molar-refractivity contribution is 7.87. The van der Waals surface area contributed by atoms with Crippen LogP contribution in [-0.4, -0.2) is 17.7 Å². The fourth-order valence-electron chi connectivity index (χ4n) is 7.23. The quantitative estimate of drug-likeness (QED) is 0.234. The third-order valence-electron chi connectivity index (χ3n) is 8.78. The molecule has 0 aromatic heterocycles. The predicted octanol–water partition coefficient (Wildman–Crippen LogP) is 10.2. The van der Waals surface area contributed by atoms with Crippen LogP contribution in [0.3, 0.4) is 0 Å². The first-order valence-corrected chi connectivity index (χ1v) is 16.5. The minimum absolute atomic E-state index is 0.0202. The molecule has 0 bridgehead atoms. The summed E-state index contributed by atoms with van der Waals surface area (Å²) in [6, 6.07) is 4.98. The Morgan fingerprint density at radius 3 is 1.61 bits per heavy atom. The molecule has 2 unspecified atom stereocenters. The van der Waals surface area contributed by atoms with Gasteiger partial charge < -0.3 is 0 Å². The average molecular weight is 551 g/mol. The molecule has 0 saturated carbocycles. The number of benzene rings is 1. The summed E-state index contributed by atoms with van der Waals surface area (Å²) in [6.45, 7) is 33.3. The molecule has 2 atom stereocenters. The molecule has 1 aromatic carbocycles. The molecule has 3 nitrogen and oxygen atoms in total. The zero-order chi connectivity index (χ0) is 30.1. The first-order chi connectivity index (χ1) is 16.9. The van der Waals surface area contributed by atoms with Crippen LogP contribution in [0.2, 0.25) is 0 Å². The molecule has 1 aromatic rings. The van der Waals surface area contributed by atoms with E-state index in [1.165, 1.54) is 22.3 Å². The normalized spacial score (nSPS) is 16.4. The highest BCUT2D eigenvalue weighted by atomic mass is 32.2. The van der Waals surface area contributed by atoms with E-state index >= 15 is 0 Å². The van der Waals surface area contributed by atoms with Gasteiger partial charge in [0, 0.05) is 0 Å². The molecule has 0 saturated heterocycles. The van der Waals surface area contributed by atoms with Crippen molar-refractivity contribution in [3.05, 3.63) is 34.4 Å². The van der Waals surface area contributed by atoms with Gasteiger partial charge in [-0.1, -0.05) is 102 Å². The number of rotatable bonds is 14. The Bertz CT molecular complexity index is 1030. The Hall–Kier alpha value is -0.870. The highest BCUT2D eigenvalue weighted by Crippen LogP contribution is 2.48. The second-order valence-electron chi connectivity index (χ2n) is 15.8. The van der Waals surface area contributed by atoms with E-state index in [0.717, 1.165) is 25.7 Å². The van der Waals surface area contributed by atoms with Gasteiger partial charge in [-0.2, -0.15) is 8.42 Å². The molecule has 0 heterocycles. The van der Waals surface area contributed by atoms with E-state index in [1.807, 2.05) is 0 Å². The van der Waals surface area contributed by atoms with E-state index < -0.39 is 20.3 Å². The maximum absolute atomic E-state index is 12.4. The van der Waals surface area contributed by atoms with Crippen molar-refractivity contribution in [3.8, 4) is 0 Å². The topological polar surface area (TPSA) is 54.4 Å². The van der Waals surface area contributed by atoms with E-state index in [4.69, 9.17) is 0 Å². The SMILES string of the molecule is CCC(C)(CC(C)C)c1cc(C(C)(C)CC(C)C)c(C(C)CC(C)C)cc1C(C)(C)CC(C)(C)S(=O)(=O)O. The Kier molecular flexibility index (Phi) is 11.4. The minimum atomic E-state index is -4.20. The van der Waals surface area contributed by atoms with Gasteiger partial charge in [0.15, 0.2) is 0 Å². The third-order valence-corrected chi connectivity index (χ3v) is 10.3. The molecule has 0 fully saturated rings. The van der Waals surface area contributed by atoms with Gasteiger partial charge in [-0.25, -0.2) is 0 Å². The molecule has 0 radical (unpaired) electrons. The van der Waals surface area contributed by atoms with Crippen molar-refractivity contribution in [2.45, 2.75) is 163 Å². The smallest absolute Gasteiger partial charge is 0.270 e. The molecule has 222 valence electrons. The maximum atomic E-state index is 12.4. The zero-order valence-electron chi connectivity index (χ0n) is 27.7. The highest BCUT2D eigenvalue weighted by Gasteiger charge is 2.43. The monoisotopic (exact) mass is 550 g/mol. The van der Waals surface area contributed by atoms with E-state index in [1.54, 1.807) is 13.8 Å². The van der Waals surface area contributed by atoms with E-state index in [2.05, 4.69) is 102 Å². The first kappa shape index (κ1) is 35.2. The molecule has 0 spiro atoms. The fourth-order valence-corrected chi connectivity index (χ4v) is 7.77. The van der Waals surface area contributed by atoms with Crippen LogP contribution < -0.4 is 0 Å². The van der Waals surface area contributed by atoms with Gasteiger partial charge in [-0.15, -0.1) is 0 Å². The van der Waals surface area contributed by atoms with Crippen LogP contribution in [0.5, 0.6) is 0 Å². The van der Waals surface area contributed by atoms with Gasteiger partial charge >= 0.3 is 0 Å². The van der Waals surface area contributed by atoms with Crippen molar-refractivity contribution in [2.75, 3.05) is 0 Å². The summed E-state index contributed by atoms with van der Waals surface area (Å²) in [4.78, 5) is 0. The second-order valence-corrected chi connectivity index (χ2v) is 17.9. The van der Waals surface area contributed by atoms with Crippen molar-refractivity contribution in [3.63, 3.8) is 0 Å². The first-order valence-electron chi connectivity index (χ1n) is 15.1. The van der Waals surface area contributed by atoms with Gasteiger partial charge in [0.1, 0.15) is 0 Å². The van der Waals surface area contributed by atoms with Gasteiger partial charge in [-0.05, 0) is 108 Å². The molecular weight excluding hydrogens is 488 g/mol. The Morgan fingerprint density at radius 1 is 0.711 bits per heavy atom. The van der Waals surface area contributed by atoms with E-state index in [9.17, 15) is 13.0 Å².